The van der Waals surface area contributed by atoms with Crippen molar-refractivity contribution in [2.24, 2.45) is 0 Å². The standard InChI is InChI=1S/C17H28FNO/c1-5-17(6-2,19(7-3)8-4)16(20)13-14-10-9-11-15(18)12-14/h9-12,16,20H,5-8,13H2,1-4H3. The van der Waals surface area contributed by atoms with Crippen LogP contribution in [0.4, 0.5) is 4.39 Å². The van der Waals surface area contributed by atoms with Gasteiger partial charge < -0.3 is 5.11 Å². The number of halogens is 1. The molecule has 1 unspecified atom stereocenters. The molecule has 1 rings (SSSR count). The van der Waals surface area contributed by atoms with Crippen LogP contribution in [-0.4, -0.2) is 34.7 Å². The zero-order valence-corrected chi connectivity index (χ0v) is 13.2. The summed E-state index contributed by atoms with van der Waals surface area (Å²) in [6, 6.07) is 6.54. The minimum absolute atomic E-state index is 0.226. The monoisotopic (exact) mass is 281 g/mol. The SMILES string of the molecule is CCN(CC)C(CC)(CC)C(O)Cc1cccc(F)c1. The molecule has 0 aliphatic rings. The van der Waals surface area contributed by atoms with Crippen LogP contribution in [0.5, 0.6) is 0 Å². The van der Waals surface area contributed by atoms with E-state index in [9.17, 15) is 9.50 Å². The third-order valence-corrected chi connectivity index (χ3v) is 4.56. The van der Waals surface area contributed by atoms with Crippen LogP contribution in [0.15, 0.2) is 24.3 Å². The highest BCUT2D eigenvalue weighted by Crippen LogP contribution is 2.30. The third-order valence-electron chi connectivity index (χ3n) is 4.56. The van der Waals surface area contributed by atoms with Crippen LogP contribution in [0.3, 0.4) is 0 Å². The van der Waals surface area contributed by atoms with Crippen LogP contribution in [0.25, 0.3) is 0 Å². The van der Waals surface area contributed by atoms with Gasteiger partial charge in [-0.1, -0.05) is 39.8 Å². The maximum Gasteiger partial charge on any atom is 0.123 e. The highest BCUT2D eigenvalue weighted by Gasteiger charge is 2.38. The molecule has 0 aromatic heterocycles. The molecule has 0 fully saturated rings. The van der Waals surface area contributed by atoms with Gasteiger partial charge in [-0.3, -0.25) is 4.90 Å². The maximum atomic E-state index is 13.3. The minimum Gasteiger partial charge on any atom is -0.391 e. The second kappa shape index (κ2) is 7.75. The van der Waals surface area contributed by atoms with Gasteiger partial charge in [0.25, 0.3) is 0 Å². The van der Waals surface area contributed by atoms with Crippen molar-refractivity contribution in [3.63, 3.8) is 0 Å². The number of hydrogen-bond acceptors (Lipinski definition) is 2. The molecule has 0 radical (unpaired) electrons. The van der Waals surface area contributed by atoms with Crippen molar-refractivity contribution in [1.82, 2.24) is 4.90 Å². The fraction of sp³-hybridized carbons (Fsp3) is 0.647. The number of benzene rings is 1. The Kier molecular flexibility index (Phi) is 6.63. The van der Waals surface area contributed by atoms with Crippen molar-refractivity contribution in [3.8, 4) is 0 Å². The normalized spacial score (nSPS) is 13.8. The summed E-state index contributed by atoms with van der Waals surface area (Å²) in [5, 5.41) is 10.8. The van der Waals surface area contributed by atoms with E-state index in [0.29, 0.717) is 6.42 Å². The van der Waals surface area contributed by atoms with Crippen LogP contribution in [-0.2, 0) is 6.42 Å². The summed E-state index contributed by atoms with van der Waals surface area (Å²) in [5.41, 5.74) is 0.631. The van der Waals surface area contributed by atoms with Gasteiger partial charge in [-0.25, -0.2) is 4.39 Å². The second-order valence-corrected chi connectivity index (χ2v) is 5.33. The van der Waals surface area contributed by atoms with Gasteiger partial charge in [-0.2, -0.15) is 0 Å². The van der Waals surface area contributed by atoms with Gasteiger partial charge in [-0.05, 0) is 43.6 Å². The Bertz CT molecular complexity index is 400. The molecule has 3 heteroatoms. The third kappa shape index (κ3) is 3.58. The Labute approximate surface area is 122 Å². The maximum absolute atomic E-state index is 13.3. The number of aliphatic hydroxyl groups excluding tert-OH is 1. The van der Waals surface area contributed by atoms with E-state index in [-0.39, 0.29) is 11.4 Å². The van der Waals surface area contributed by atoms with E-state index in [1.807, 2.05) is 6.07 Å². The number of likely N-dealkylation sites (N-methyl/N-ethyl adjacent to an activating group) is 1. The minimum atomic E-state index is -0.487. The van der Waals surface area contributed by atoms with Crippen molar-refractivity contribution in [2.45, 2.75) is 58.6 Å². The van der Waals surface area contributed by atoms with Crippen LogP contribution in [0, 0.1) is 5.82 Å². The lowest BCUT2D eigenvalue weighted by Gasteiger charge is -2.46. The first-order chi connectivity index (χ1) is 9.53. The molecule has 0 aliphatic heterocycles. The molecule has 20 heavy (non-hydrogen) atoms. The Morgan fingerprint density at radius 1 is 1.15 bits per heavy atom. The summed E-state index contributed by atoms with van der Waals surface area (Å²) in [6.07, 6.45) is 1.79. The van der Waals surface area contributed by atoms with Crippen LogP contribution in [0.2, 0.25) is 0 Å². The van der Waals surface area contributed by atoms with Gasteiger partial charge in [0.05, 0.1) is 6.10 Å². The molecule has 0 saturated carbocycles. The van der Waals surface area contributed by atoms with Crippen molar-refractivity contribution in [1.29, 1.82) is 0 Å². The zero-order valence-electron chi connectivity index (χ0n) is 13.2. The van der Waals surface area contributed by atoms with E-state index < -0.39 is 6.10 Å². The Morgan fingerprint density at radius 2 is 1.75 bits per heavy atom. The summed E-state index contributed by atoms with van der Waals surface area (Å²) in [4.78, 5) is 2.33. The summed E-state index contributed by atoms with van der Waals surface area (Å²) < 4.78 is 13.3. The molecule has 0 aliphatic carbocycles. The summed E-state index contributed by atoms with van der Waals surface area (Å²) in [6.45, 7) is 10.3. The molecular weight excluding hydrogens is 253 g/mol. The molecular formula is C17H28FNO. The Morgan fingerprint density at radius 3 is 2.20 bits per heavy atom. The molecule has 1 aromatic rings. The van der Waals surface area contributed by atoms with Gasteiger partial charge in [0, 0.05) is 12.0 Å². The van der Waals surface area contributed by atoms with E-state index in [2.05, 4.69) is 32.6 Å². The lowest BCUT2D eigenvalue weighted by molar-refractivity contribution is -0.0341. The number of aliphatic hydroxyl groups is 1. The lowest BCUT2D eigenvalue weighted by Crippen LogP contribution is -2.56. The molecule has 0 heterocycles. The number of rotatable bonds is 8. The van der Waals surface area contributed by atoms with Gasteiger partial charge in [0.2, 0.25) is 0 Å². The number of hydrogen-bond donors (Lipinski definition) is 1. The first-order valence-electron chi connectivity index (χ1n) is 7.71. The first kappa shape index (κ1) is 17.1. The van der Waals surface area contributed by atoms with Crippen molar-refractivity contribution < 1.29 is 9.50 Å². The van der Waals surface area contributed by atoms with Gasteiger partial charge in [-0.15, -0.1) is 0 Å². The fourth-order valence-electron chi connectivity index (χ4n) is 3.31. The molecule has 0 bridgehead atoms. The van der Waals surface area contributed by atoms with Gasteiger partial charge in [0.1, 0.15) is 5.82 Å². The molecule has 1 atom stereocenters. The average molecular weight is 281 g/mol. The summed E-state index contributed by atoms with van der Waals surface area (Å²) in [7, 11) is 0. The van der Waals surface area contributed by atoms with E-state index in [1.54, 1.807) is 6.07 Å². The van der Waals surface area contributed by atoms with E-state index >= 15 is 0 Å². The highest BCUT2D eigenvalue weighted by molar-refractivity contribution is 5.18. The van der Waals surface area contributed by atoms with Crippen molar-refractivity contribution >= 4 is 0 Å². The smallest absolute Gasteiger partial charge is 0.123 e. The van der Waals surface area contributed by atoms with E-state index in [1.165, 1.54) is 12.1 Å². The summed E-state index contributed by atoms with van der Waals surface area (Å²) in [5.74, 6) is -0.240. The van der Waals surface area contributed by atoms with Gasteiger partial charge >= 0.3 is 0 Å². The Balaban J connectivity index is 2.96. The molecule has 0 amide bonds. The fourth-order valence-corrected chi connectivity index (χ4v) is 3.31. The molecule has 114 valence electrons. The molecule has 2 nitrogen and oxygen atoms in total. The highest BCUT2D eigenvalue weighted by atomic mass is 19.1. The van der Waals surface area contributed by atoms with Gasteiger partial charge in [0.15, 0.2) is 0 Å². The average Bonchev–Trinajstić information content (AvgIpc) is 2.44. The first-order valence-corrected chi connectivity index (χ1v) is 7.71. The predicted octanol–water partition coefficient (Wildman–Crippen LogP) is 3.63. The topological polar surface area (TPSA) is 23.5 Å². The lowest BCUT2D eigenvalue weighted by atomic mass is 9.81. The van der Waals surface area contributed by atoms with Crippen molar-refractivity contribution in [2.75, 3.05) is 13.1 Å². The molecule has 0 spiro atoms. The quantitative estimate of drug-likeness (QED) is 0.786. The van der Waals surface area contributed by atoms with E-state index in [0.717, 1.165) is 31.5 Å². The second-order valence-electron chi connectivity index (χ2n) is 5.33. The zero-order chi connectivity index (χ0) is 15.2. The van der Waals surface area contributed by atoms with Crippen LogP contribution >= 0.6 is 0 Å². The van der Waals surface area contributed by atoms with E-state index in [4.69, 9.17) is 0 Å². The molecule has 1 N–H and O–H groups in total. The summed E-state index contributed by atoms with van der Waals surface area (Å²) >= 11 is 0. The number of nitrogens with zero attached hydrogens (tertiary/aromatic N) is 1. The van der Waals surface area contributed by atoms with Crippen LogP contribution < -0.4 is 0 Å². The van der Waals surface area contributed by atoms with Crippen molar-refractivity contribution in [3.05, 3.63) is 35.6 Å². The van der Waals surface area contributed by atoms with Crippen LogP contribution in [0.1, 0.15) is 46.1 Å². The molecule has 1 aromatic carbocycles. The molecule has 0 saturated heterocycles. The predicted molar refractivity (Wildman–Crippen MR) is 82.3 cm³/mol. The largest absolute Gasteiger partial charge is 0.391 e. The Hall–Kier alpha value is -0.930.